The Morgan fingerprint density at radius 3 is 2.81 bits per heavy atom. The minimum atomic E-state index is -0.319. The van der Waals surface area contributed by atoms with E-state index in [2.05, 4.69) is 25.9 Å². The minimum absolute atomic E-state index is 0.149. The monoisotopic (exact) mass is 447 g/mol. The van der Waals surface area contributed by atoms with Gasteiger partial charge in [0.15, 0.2) is 5.13 Å². The van der Waals surface area contributed by atoms with E-state index in [1.807, 2.05) is 18.2 Å². The van der Waals surface area contributed by atoms with Gasteiger partial charge in [-0.05, 0) is 57.9 Å². The lowest BCUT2D eigenvalue weighted by Crippen LogP contribution is -2.29. The summed E-state index contributed by atoms with van der Waals surface area (Å²) in [5.74, 6) is -0.468. The van der Waals surface area contributed by atoms with Gasteiger partial charge in [-0.2, -0.15) is 0 Å². The topological polar surface area (TPSA) is 46.1 Å². The van der Waals surface area contributed by atoms with Crippen molar-refractivity contribution in [2.24, 2.45) is 0 Å². The number of carbonyl (C=O) groups is 1. The Kier molecular flexibility index (Phi) is 4.80. The first kappa shape index (κ1) is 17.3. The first-order valence-electron chi connectivity index (χ1n) is 7.62. The van der Waals surface area contributed by atoms with E-state index in [1.54, 1.807) is 29.4 Å². The quantitative estimate of drug-likeness (QED) is 0.414. The SMILES string of the molecule is O=C(c1ccc(Br)s1)N(Cc1cccnc1)c1nc2ccc(F)cc2s1. The van der Waals surface area contributed by atoms with Gasteiger partial charge in [-0.1, -0.05) is 17.4 Å². The van der Waals surface area contributed by atoms with Gasteiger partial charge in [0.05, 0.1) is 25.4 Å². The number of aromatic nitrogens is 2. The Bertz CT molecular complexity index is 1080. The summed E-state index contributed by atoms with van der Waals surface area (Å²) in [5.41, 5.74) is 1.56. The number of pyridine rings is 1. The largest absolute Gasteiger partial charge is 0.279 e. The second-order valence-electron chi connectivity index (χ2n) is 5.46. The minimum Gasteiger partial charge on any atom is -0.279 e. The smallest absolute Gasteiger partial charge is 0.270 e. The molecule has 0 spiro atoms. The van der Waals surface area contributed by atoms with Gasteiger partial charge in [0.1, 0.15) is 5.82 Å². The summed E-state index contributed by atoms with van der Waals surface area (Å²) in [6, 6.07) is 11.8. The number of amides is 1. The number of halogens is 2. The van der Waals surface area contributed by atoms with E-state index in [1.165, 1.54) is 34.8 Å². The molecule has 0 bridgehead atoms. The number of benzene rings is 1. The molecule has 0 unspecified atom stereocenters. The number of rotatable bonds is 4. The summed E-state index contributed by atoms with van der Waals surface area (Å²) in [4.78, 5) is 24.0. The molecular formula is C18H11BrFN3OS2. The first-order chi connectivity index (χ1) is 12.6. The molecule has 1 aromatic carbocycles. The zero-order valence-electron chi connectivity index (χ0n) is 13.2. The van der Waals surface area contributed by atoms with E-state index in [4.69, 9.17) is 0 Å². The molecule has 4 aromatic rings. The standard InChI is InChI=1S/C18H11BrFN3OS2/c19-16-6-5-14(25-16)17(24)23(10-11-2-1-7-21-9-11)18-22-13-4-3-12(20)8-15(13)26-18/h1-9H,10H2. The number of hydrogen-bond donors (Lipinski definition) is 0. The maximum atomic E-state index is 13.5. The molecular weight excluding hydrogens is 437 g/mol. The van der Waals surface area contributed by atoms with Gasteiger partial charge >= 0.3 is 0 Å². The highest BCUT2D eigenvalue weighted by molar-refractivity contribution is 9.11. The molecule has 3 aromatic heterocycles. The van der Waals surface area contributed by atoms with Crippen LogP contribution in [0.4, 0.5) is 9.52 Å². The van der Waals surface area contributed by atoms with Gasteiger partial charge in [0, 0.05) is 12.4 Å². The number of fused-ring (bicyclic) bond motifs is 1. The molecule has 0 atom stereocenters. The zero-order chi connectivity index (χ0) is 18.1. The van der Waals surface area contributed by atoms with E-state index in [0.717, 1.165) is 9.35 Å². The van der Waals surface area contributed by atoms with Crippen LogP contribution >= 0.6 is 38.6 Å². The van der Waals surface area contributed by atoms with Crippen LogP contribution in [-0.4, -0.2) is 15.9 Å². The number of thiazole rings is 1. The second kappa shape index (κ2) is 7.22. The lowest BCUT2D eigenvalue weighted by molar-refractivity contribution is 0.0989. The van der Waals surface area contributed by atoms with Crippen LogP contribution < -0.4 is 4.90 Å². The van der Waals surface area contributed by atoms with Crippen LogP contribution in [-0.2, 0) is 6.54 Å². The van der Waals surface area contributed by atoms with E-state index in [9.17, 15) is 9.18 Å². The van der Waals surface area contributed by atoms with E-state index < -0.39 is 0 Å². The molecule has 0 saturated carbocycles. The van der Waals surface area contributed by atoms with Gasteiger partial charge in [-0.3, -0.25) is 14.7 Å². The van der Waals surface area contributed by atoms with Gasteiger partial charge in [-0.15, -0.1) is 11.3 Å². The highest BCUT2D eigenvalue weighted by atomic mass is 79.9. The molecule has 8 heteroatoms. The van der Waals surface area contributed by atoms with Crippen molar-refractivity contribution in [2.75, 3.05) is 4.90 Å². The van der Waals surface area contributed by atoms with Crippen LogP contribution in [0.1, 0.15) is 15.2 Å². The van der Waals surface area contributed by atoms with Crippen LogP contribution in [0, 0.1) is 5.82 Å². The predicted octanol–water partition coefficient (Wildman–Crippen LogP) is 5.50. The Morgan fingerprint density at radius 2 is 2.08 bits per heavy atom. The molecule has 4 rings (SSSR count). The summed E-state index contributed by atoms with van der Waals surface area (Å²) in [6.45, 7) is 0.338. The van der Waals surface area contributed by atoms with Crippen LogP contribution in [0.2, 0.25) is 0 Å². The van der Waals surface area contributed by atoms with E-state index in [0.29, 0.717) is 26.8 Å². The zero-order valence-corrected chi connectivity index (χ0v) is 16.4. The fourth-order valence-electron chi connectivity index (χ4n) is 2.46. The third-order valence-electron chi connectivity index (χ3n) is 3.66. The van der Waals surface area contributed by atoms with Gasteiger partial charge in [-0.25, -0.2) is 9.37 Å². The third-order valence-corrected chi connectivity index (χ3v) is 6.32. The normalized spacial score (nSPS) is 11.0. The Hall–Kier alpha value is -2.16. The molecule has 0 radical (unpaired) electrons. The van der Waals surface area contributed by atoms with Crippen LogP contribution in [0.3, 0.4) is 0 Å². The third kappa shape index (κ3) is 3.53. The molecule has 130 valence electrons. The average Bonchev–Trinajstić information content (AvgIpc) is 3.25. The van der Waals surface area contributed by atoms with Crippen molar-refractivity contribution >= 4 is 59.9 Å². The molecule has 0 saturated heterocycles. The highest BCUT2D eigenvalue weighted by Gasteiger charge is 2.23. The molecule has 1 amide bonds. The number of thiophene rings is 1. The summed E-state index contributed by atoms with van der Waals surface area (Å²) < 4.78 is 15.1. The summed E-state index contributed by atoms with van der Waals surface area (Å²) in [6.07, 6.45) is 3.41. The predicted molar refractivity (Wildman–Crippen MR) is 106 cm³/mol. The number of anilines is 1. The lowest BCUT2D eigenvalue weighted by atomic mass is 10.2. The van der Waals surface area contributed by atoms with E-state index >= 15 is 0 Å². The highest BCUT2D eigenvalue weighted by Crippen LogP contribution is 2.32. The van der Waals surface area contributed by atoms with Crippen LogP contribution in [0.5, 0.6) is 0 Å². The van der Waals surface area contributed by atoms with Crippen molar-refractivity contribution in [3.8, 4) is 0 Å². The van der Waals surface area contributed by atoms with Gasteiger partial charge < -0.3 is 0 Å². The van der Waals surface area contributed by atoms with Crippen molar-refractivity contribution in [3.63, 3.8) is 0 Å². The summed E-state index contributed by atoms with van der Waals surface area (Å²) >= 11 is 6.05. The van der Waals surface area contributed by atoms with E-state index in [-0.39, 0.29) is 11.7 Å². The molecule has 0 aliphatic carbocycles. The van der Waals surface area contributed by atoms with Crippen molar-refractivity contribution in [3.05, 3.63) is 74.9 Å². The maximum absolute atomic E-state index is 13.5. The van der Waals surface area contributed by atoms with Crippen LogP contribution in [0.25, 0.3) is 10.2 Å². The molecule has 0 aliphatic rings. The van der Waals surface area contributed by atoms with Crippen molar-refractivity contribution in [1.82, 2.24) is 9.97 Å². The van der Waals surface area contributed by atoms with Crippen molar-refractivity contribution in [2.45, 2.75) is 6.54 Å². The molecule has 0 fully saturated rings. The molecule has 26 heavy (non-hydrogen) atoms. The molecule has 4 nitrogen and oxygen atoms in total. The summed E-state index contributed by atoms with van der Waals surface area (Å²) in [5, 5.41) is 0.531. The van der Waals surface area contributed by atoms with Gasteiger partial charge in [0.2, 0.25) is 0 Å². The fraction of sp³-hybridized carbons (Fsp3) is 0.0556. The summed E-state index contributed by atoms with van der Waals surface area (Å²) in [7, 11) is 0. The van der Waals surface area contributed by atoms with Crippen molar-refractivity contribution in [1.29, 1.82) is 0 Å². The Balaban J connectivity index is 1.76. The number of hydrogen-bond acceptors (Lipinski definition) is 5. The van der Waals surface area contributed by atoms with Crippen molar-refractivity contribution < 1.29 is 9.18 Å². The average molecular weight is 448 g/mol. The first-order valence-corrected chi connectivity index (χ1v) is 10.0. The maximum Gasteiger partial charge on any atom is 0.270 e. The second-order valence-corrected chi connectivity index (χ2v) is 8.94. The van der Waals surface area contributed by atoms with Gasteiger partial charge in [0.25, 0.3) is 5.91 Å². The molecule has 3 heterocycles. The van der Waals surface area contributed by atoms with Crippen LogP contribution in [0.15, 0.2) is 58.6 Å². The number of carbonyl (C=O) groups excluding carboxylic acids is 1. The lowest BCUT2D eigenvalue weighted by Gasteiger charge is -2.19. The Morgan fingerprint density at radius 1 is 1.19 bits per heavy atom. The fourth-order valence-corrected chi connectivity index (χ4v) is 4.79. The Labute approximate surface area is 165 Å². The number of nitrogens with zero attached hydrogens (tertiary/aromatic N) is 3. The molecule has 0 N–H and O–H groups in total. The molecule has 0 aliphatic heterocycles.